The van der Waals surface area contributed by atoms with E-state index in [9.17, 15) is 14.4 Å². The van der Waals surface area contributed by atoms with Crippen LogP contribution < -0.4 is 10.6 Å². The third kappa shape index (κ3) is 4.35. The first-order valence-corrected chi connectivity index (χ1v) is 10.7. The molecule has 7 nitrogen and oxygen atoms in total. The van der Waals surface area contributed by atoms with Gasteiger partial charge in [-0.25, -0.2) is 9.59 Å². The summed E-state index contributed by atoms with van der Waals surface area (Å²) in [6.07, 6.45) is 5.23. The Labute approximate surface area is 176 Å². The van der Waals surface area contributed by atoms with Gasteiger partial charge < -0.3 is 20.1 Å². The molecule has 0 saturated heterocycles. The number of nitrogens with one attached hydrogen (secondary N) is 2. The summed E-state index contributed by atoms with van der Waals surface area (Å²) in [7, 11) is 0. The monoisotopic (exact) mass is 412 g/mol. The molecular formula is C23H28N2O5. The van der Waals surface area contributed by atoms with Crippen molar-refractivity contribution in [1.82, 2.24) is 10.6 Å². The smallest absolute Gasteiger partial charge is 0.338 e. The van der Waals surface area contributed by atoms with Crippen LogP contribution in [0.15, 0.2) is 41.6 Å². The van der Waals surface area contributed by atoms with Crippen LogP contribution in [0.5, 0.6) is 0 Å². The molecule has 30 heavy (non-hydrogen) atoms. The first-order chi connectivity index (χ1) is 14.5. The second-order valence-corrected chi connectivity index (χ2v) is 8.35. The van der Waals surface area contributed by atoms with Gasteiger partial charge in [0.1, 0.15) is 6.61 Å². The number of ether oxygens (including phenoxy) is 2. The van der Waals surface area contributed by atoms with E-state index in [0.29, 0.717) is 18.3 Å². The Kier molecular flexibility index (Phi) is 6.06. The van der Waals surface area contributed by atoms with Gasteiger partial charge in [0.05, 0.1) is 23.9 Å². The van der Waals surface area contributed by atoms with Gasteiger partial charge in [0.25, 0.3) is 0 Å². The molecule has 2 saturated carbocycles. The van der Waals surface area contributed by atoms with Crippen molar-refractivity contribution in [2.24, 2.45) is 17.8 Å². The fourth-order valence-corrected chi connectivity index (χ4v) is 5.13. The summed E-state index contributed by atoms with van der Waals surface area (Å²) < 4.78 is 10.7. The summed E-state index contributed by atoms with van der Waals surface area (Å²) in [5.41, 5.74) is 1.28. The van der Waals surface area contributed by atoms with Crippen molar-refractivity contribution in [2.75, 3.05) is 13.2 Å². The van der Waals surface area contributed by atoms with Gasteiger partial charge >= 0.3 is 18.0 Å². The van der Waals surface area contributed by atoms with Crippen molar-refractivity contribution in [3.05, 3.63) is 47.2 Å². The fourth-order valence-electron chi connectivity index (χ4n) is 5.13. The van der Waals surface area contributed by atoms with Gasteiger partial charge in [-0.1, -0.05) is 36.8 Å². The van der Waals surface area contributed by atoms with Crippen LogP contribution in [-0.2, 0) is 19.1 Å². The van der Waals surface area contributed by atoms with Crippen LogP contribution in [0.25, 0.3) is 0 Å². The minimum Gasteiger partial charge on any atom is -0.463 e. The predicted octanol–water partition coefficient (Wildman–Crippen LogP) is 3.23. The molecule has 2 aliphatic carbocycles. The highest BCUT2D eigenvalue weighted by atomic mass is 16.5. The molecule has 2 fully saturated rings. The zero-order valence-corrected chi connectivity index (χ0v) is 17.2. The zero-order valence-electron chi connectivity index (χ0n) is 17.2. The summed E-state index contributed by atoms with van der Waals surface area (Å²) >= 11 is 0. The van der Waals surface area contributed by atoms with E-state index >= 15 is 0 Å². The minimum atomic E-state index is -0.668. The Morgan fingerprint density at radius 1 is 1.10 bits per heavy atom. The minimum absolute atomic E-state index is 0.162. The van der Waals surface area contributed by atoms with Crippen LogP contribution >= 0.6 is 0 Å². The average molecular weight is 412 g/mol. The molecule has 1 aliphatic heterocycles. The highest BCUT2D eigenvalue weighted by molar-refractivity contribution is 5.95. The van der Waals surface area contributed by atoms with Crippen LogP contribution in [0.2, 0.25) is 0 Å². The molecule has 1 aromatic carbocycles. The van der Waals surface area contributed by atoms with Gasteiger partial charge in [0.2, 0.25) is 0 Å². The van der Waals surface area contributed by atoms with E-state index in [1.807, 2.05) is 30.3 Å². The summed E-state index contributed by atoms with van der Waals surface area (Å²) in [5.74, 6) is 0.971. The molecule has 4 rings (SSSR count). The molecule has 0 unspecified atom stereocenters. The number of benzene rings is 1. The molecule has 2 amide bonds. The molecule has 2 bridgehead atoms. The van der Waals surface area contributed by atoms with Gasteiger partial charge in [-0.2, -0.15) is 0 Å². The Hall–Kier alpha value is -2.83. The SMILES string of the molecule is CCOC(=O)C1=C(COC(=O)C[C@@H]2C[C@H]3CC[C@H]2C3)NC(=O)N[C@@H]1c1ccccc1. The Balaban J connectivity index is 1.50. The topological polar surface area (TPSA) is 93.7 Å². The third-order valence-electron chi connectivity index (χ3n) is 6.47. The maximum absolute atomic E-state index is 12.7. The number of hydrogen-bond acceptors (Lipinski definition) is 5. The maximum Gasteiger partial charge on any atom is 0.338 e. The molecule has 1 aromatic rings. The van der Waals surface area contributed by atoms with E-state index in [0.717, 1.165) is 17.9 Å². The van der Waals surface area contributed by atoms with E-state index < -0.39 is 18.0 Å². The number of amides is 2. The lowest BCUT2D eigenvalue weighted by molar-refractivity contribution is -0.145. The molecule has 4 atom stereocenters. The molecule has 2 N–H and O–H groups in total. The van der Waals surface area contributed by atoms with Gasteiger partial charge in [-0.3, -0.25) is 4.79 Å². The van der Waals surface area contributed by atoms with Crippen molar-refractivity contribution in [3.8, 4) is 0 Å². The lowest BCUT2D eigenvalue weighted by atomic mass is 9.86. The predicted molar refractivity (Wildman–Crippen MR) is 109 cm³/mol. The maximum atomic E-state index is 12.7. The molecule has 0 spiro atoms. The summed E-state index contributed by atoms with van der Waals surface area (Å²) in [6, 6.07) is 8.07. The second kappa shape index (κ2) is 8.90. The Morgan fingerprint density at radius 3 is 2.57 bits per heavy atom. The highest BCUT2D eigenvalue weighted by Crippen LogP contribution is 2.49. The number of esters is 2. The zero-order chi connectivity index (χ0) is 21.1. The second-order valence-electron chi connectivity index (χ2n) is 8.35. The summed E-state index contributed by atoms with van der Waals surface area (Å²) in [4.78, 5) is 37.4. The molecule has 0 radical (unpaired) electrons. The molecule has 1 heterocycles. The van der Waals surface area contributed by atoms with Crippen LogP contribution in [-0.4, -0.2) is 31.2 Å². The lowest BCUT2D eigenvalue weighted by Gasteiger charge is -2.29. The summed E-state index contributed by atoms with van der Waals surface area (Å²) in [5, 5.41) is 5.40. The fraction of sp³-hybridized carbons (Fsp3) is 0.522. The normalized spacial score (nSPS) is 27.4. The lowest BCUT2D eigenvalue weighted by Crippen LogP contribution is -2.47. The summed E-state index contributed by atoms with van der Waals surface area (Å²) in [6.45, 7) is 1.76. The van der Waals surface area contributed by atoms with Crippen LogP contribution in [0.3, 0.4) is 0 Å². The standard InChI is InChI=1S/C23H28N2O5/c1-2-29-22(27)20-18(24-23(28)25-21(20)15-6-4-3-5-7-15)13-30-19(26)12-17-11-14-8-9-16(17)10-14/h3-7,14,16-17,21H,2,8-13H2,1H3,(H2,24,25,28)/t14-,16-,17-,21+/m0/s1. The van der Waals surface area contributed by atoms with Crippen LogP contribution in [0.4, 0.5) is 4.79 Å². The van der Waals surface area contributed by atoms with Crippen LogP contribution in [0.1, 0.15) is 50.6 Å². The van der Waals surface area contributed by atoms with E-state index in [1.54, 1.807) is 6.92 Å². The van der Waals surface area contributed by atoms with Crippen molar-refractivity contribution in [2.45, 2.75) is 45.1 Å². The Morgan fingerprint density at radius 2 is 1.90 bits per heavy atom. The van der Waals surface area contributed by atoms with E-state index in [2.05, 4.69) is 10.6 Å². The first kappa shape index (κ1) is 20.4. The Bertz CT molecular complexity index is 850. The number of urea groups is 1. The van der Waals surface area contributed by atoms with Gasteiger partial charge in [-0.15, -0.1) is 0 Å². The number of carbonyl (C=O) groups excluding carboxylic acids is 3. The third-order valence-corrected chi connectivity index (χ3v) is 6.47. The van der Waals surface area contributed by atoms with Gasteiger partial charge in [0, 0.05) is 6.42 Å². The van der Waals surface area contributed by atoms with Crippen molar-refractivity contribution in [3.63, 3.8) is 0 Å². The van der Waals surface area contributed by atoms with Gasteiger partial charge in [0.15, 0.2) is 0 Å². The molecular weight excluding hydrogens is 384 g/mol. The van der Waals surface area contributed by atoms with Crippen LogP contribution in [0, 0.1) is 17.8 Å². The molecule has 160 valence electrons. The van der Waals surface area contributed by atoms with Crippen molar-refractivity contribution >= 4 is 18.0 Å². The van der Waals surface area contributed by atoms with Gasteiger partial charge in [-0.05, 0) is 49.5 Å². The average Bonchev–Trinajstić information content (AvgIpc) is 3.36. The number of fused-ring (bicyclic) bond motifs is 2. The van der Waals surface area contributed by atoms with Crippen molar-refractivity contribution < 1.29 is 23.9 Å². The van der Waals surface area contributed by atoms with E-state index in [-0.39, 0.29) is 30.5 Å². The number of rotatable bonds is 7. The molecule has 7 heteroatoms. The molecule has 3 aliphatic rings. The quantitative estimate of drug-likeness (QED) is 0.671. The van der Waals surface area contributed by atoms with E-state index in [1.165, 1.54) is 19.3 Å². The highest BCUT2D eigenvalue weighted by Gasteiger charge is 2.40. The largest absolute Gasteiger partial charge is 0.463 e. The number of carbonyl (C=O) groups is 3. The van der Waals surface area contributed by atoms with Crippen molar-refractivity contribution in [1.29, 1.82) is 0 Å². The van der Waals surface area contributed by atoms with E-state index in [4.69, 9.17) is 9.47 Å². The number of hydrogen-bond donors (Lipinski definition) is 2. The molecule has 0 aromatic heterocycles. The first-order valence-electron chi connectivity index (χ1n) is 10.7.